The van der Waals surface area contributed by atoms with Gasteiger partial charge in [-0.3, -0.25) is 19.3 Å². The van der Waals surface area contributed by atoms with Crippen molar-refractivity contribution in [3.8, 4) is 5.75 Å². The molecule has 0 fully saturated rings. The maximum absolute atomic E-state index is 12.4. The quantitative estimate of drug-likeness (QED) is 0.814. The van der Waals surface area contributed by atoms with Gasteiger partial charge in [0.05, 0.1) is 12.2 Å². The number of aryl methyl sites for hydroxylation is 3. The number of ether oxygens (including phenoxy) is 1. The van der Waals surface area contributed by atoms with Gasteiger partial charge < -0.3 is 15.4 Å². The van der Waals surface area contributed by atoms with Crippen LogP contribution in [0.2, 0.25) is 0 Å². The molecule has 0 unspecified atom stereocenters. The lowest BCUT2D eigenvalue weighted by atomic mass is 10.1. The number of nitrogens with one attached hydrogen (secondary N) is 2. The Morgan fingerprint density at radius 2 is 1.72 bits per heavy atom. The van der Waals surface area contributed by atoms with Crippen LogP contribution in [0.5, 0.6) is 5.75 Å². The van der Waals surface area contributed by atoms with E-state index < -0.39 is 12.0 Å². The zero-order valence-electron chi connectivity index (χ0n) is 17.0. The van der Waals surface area contributed by atoms with Crippen LogP contribution in [-0.4, -0.2) is 36.9 Å². The molecule has 0 saturated heterocycles. The number of nitrogens with zero attached hydrogens (tertiary/aromatic N) is 1. The van der Waals surface area contributed by atoms with Gasteiger partial charge in [-0.1, -0.05) is 29.8 Å². The summed E-state index contributed by atoms with van der Waals surface area (Å²) in [5.41, 5.74) is 4.34. The summed E-state index contributed by atoms with van der Waals surface area (Å²) in [6, 6.07) is 11.0. The van der Waals surface area contributed by atoms with Crippen molar-refractivity contribution in [2.75, 3.05) is 23.3 Å². The van der Waals surface area contributed by atoms with Crippen molar-refractivity contribution < 1.29 is 19.1 Å². The molecule has 0 spiro atoms. The van der Waals surface area contributed by atoms with E-state index in [4.69, 9.17) is 4.74 Å². The second-order valence-electron chi connectivity index (χ2n) is 7.25. The van der Waals surface area contributed by atoms with E-state index in [2.05, 4.69) is 10.6 Å². The zero-order chi connectivity index (χ0) is 21.1. The van der Waals surface area contributed by atoms with Crippen LogP contribution in [0.1, 0.15) is 23.6 Å². The molecule has 0 saturated carbocycles. The van der Waals surface area contributed by atoms with Crippen molar-refractivity contribution in [1.82, 2.24) is 5.32 Å². The predicted molar refractivity (Wildman–Crippen MR) is 111 cm³/mol. The highest BCUT2D eigenvalue weighted by Gasteiger charge is 2.32. The van der Waals surface area contributed by atoms with Gasteiger partial charge in [-0.2, -0.15) is 0 Å². The van der Waals surface area contributed by atoms with Gasteiger partial charge in [0.25, 0.3) is 5.91 Å². The molecular formula is C22H25N3O4. The number of rotatable bonds is 5. The predicted octanol–water partition coefficient (Wildman–Crippen LogP) is 2.48. The lowest BCUT2D eigenvalue weighted by Gasteiger charge is -2.32. The Balaban J connectivity index is 1.60. The van der Waals surface area contributed by atoms with Crippen molar-refractivity contribution >= 4 is 29.1 Å². The molecule has 2 aromatic rings. The van der Waals surface area contributed by atoms with Crippen molar-refractivity contribution in [3.63, 3.8) is 0 Å². The van der Waals surface area contributed by atoms with Crippen LogP contribution in [0.25, 0.3) is 0 Å². The molecule has 0 radical (unpaired) electrons. The monoisotopic (exact) mass is 395 g/mol. The number of anilines is 2. The van der Waals surface area contributed by atoms with Crippen LogP contribution in [0.3, 0.4) is 0 Å². The van der Waals surface area contributed by atoms with E-state index >= 15 is 0 Å². The number of fused-ring (bicyclic) bond motifs is 1. The van der Waals surface area contributed by atoms with Crippen LogP contribution in [-0.2, 0) is 14.4 Å². The summed E-state index contributed by atoms with van der Waals surface area (Å²) in [4.78, 5) is 38.5. The lowest BCUT2D eigenvalue weighted by molar-refractivity contribution is -0.128. The first-order chi connectivity index (χ1) is 13.8. The molecule has 2 aromatic carbocycles. The summed E-state index contributed by atoms with van der Waals surface area (Å²) >= 11 is 0. The van der Waals surface area contributed by atoms with Crippen LogP contribution in [0.15, 0.2) is 36.4 Å². The minimum atomic E-state index is -0.673. The van der Waals surface area contributed by atoms with E-state index in [1.807, 2.05) is 32.9 Å². The molecule has 1 aliphatic rings. The van der Waals surface area contributed by atoms with Gasteiger partial charge in [-0.25, -0.2) is 0 Å². The van der Waals surface area contributed by atoms with Gasteiger partial charge >= 0.3 is 0 Å². The summed E-state index contributed by atoms with van der Waals surface area (Å²) in [7, 11) is 0. The van der Waals surface area contributed by atoms with Crippen LogP contribution in [0, 0.1) is 20.8 Å². The summed E-state index contributed by atoms with van der Waals surface area (Å²) in [6.07, 6.45) is -0.673. The first kappa shape index (κ1) is 20.4. The number of carbonyl (C=O) groups excluding carboxylic acids is 3. The fourth-order valence-corrected chi connectivity index (χ4v) is 3.46. The number of para-hydroxylation sites is 2. The largest absolute Gasteiger partial charge is 0.479 e. The third-order valence-electron chi connectivity index (χ3n) is 4.76. The number of benzene rings is 2. The highest BCUT2D eigenvalue weighted by atomic mass is 16.5. The number of hydrogen-bond acceptors (Lipinski definition) is 4. The van der Waals surface area contributed by atoms with E-state index in [0.717, 1.165) is 22.4 Å². The topological polar surface area (TPSA) is 87.7 Å². The second-order valence-corrected chi connectivity index (χ2v) is 7.25. The Hall–Kier alpha value is -3.35. The standard InChI is InChI=1S/C22H25N3O4/c1-13-9-14(2)21(15(3)10-13)24-19(26)11-23-20(27)12-25-17-7-5-6-8-18(17)29-16(4)22(25)28/h5-10,16H,11-12H2,1-4H3,(H,23,27)(H,24,26)/t16-/m0/s1. The van der Waals surface area contributed by atoms with Gasteiger partial charge in [0.1, 0.15) is 12.3 Å². The first-order valence-corrected chi connectivity index (χ1v) is 9.47. The molecule has 1 atom stereocenters. The maximum Gasteiger partial charge on any atom is 0.268 e. The van der Waals surface area contributed by atoms with Gasteiger partial charge in [-0.05, 0) is 51.0 Å². The van der Waals surface area contributed by atoms with E-state index in [1.165, 1.54) is 4.90 Å². The first-order valence-electron chi connectivity index (χ1n) is 9.47. The molecule has 29 heavy (non-hydrogen) atoms. The Morgan fingerprint density at radius 3 is 2.41 bits per heavy atom. The van der Waals surface area contributed by atoms with E-state index in [0.29, 0.717) is 11.4 Å². The number of amides is 3. The highest BCUT2D eigenvalue weighted by Crippen LogP contribution is 2.33. The average Bonchev–Trinajstić information content (AvgIpc) is 2.66. The van der Waals surface area contributed by atoms with Gasteiger partial charge in [0, 0.05) is 5.69 Å². The molecule has 3 rings (SSSR count). The lowest BCUT2D eigenvalue weighted by Crippen LogP contribution is -2.49. The fourth-order valence-electron chi connectivity index (χ4n) is 3.46. The van der Waals surface area contributed by atoms with Gasteiger partial charge in [0.15, 0.2) is 6.10 Å². The molecule has 3 amide bonds. The van der Waals surface area contributed by atoms with E-state index in [9.17, 15) is 14.4 Å². The molecule has 1 heterocycles. The maximum atomic E-state index is 12.4. The minimum Gasteiger partial charge on any atom is -0.479 e. The highest BCUT2D eigenvalue weighted by molar-refractivity contribution is 6.04. The smallest absolute Gasteiger partial charge is 0.268 e. The van der Waals surface area contributed by atoms with Crippen molar-refractivity contribution in [3.05, 3.63) is 53.1 Å². The Labute approximate surface area is 170 Å². The zero-order valence-corrected chi connectivity index (χ0v) is 17.0. The Morgan fingerprint density at radius 1 is 1.07 bits per heavy atom. The summed E-state index contributed by atoms with van der Waals surface area (Å²) in [5, 5.41) is 5.42. The molecule has 2 N–H and O–H groups in total. The van der Waals surface area contributed by atoms with E-state index in [-0.39, 0.29) is 24.9 Å². The normalized spacial score (nSPS) is 15.4. The molecule has 0 aromatic heterocycles. The van der Waals surface area contributed by atoms with Crippen molar-refractivity contribution in [2.24, 2.45) is 0 Å². The third kappa shape index (κ3) is 4.56. The second kappa shape index (κ2) is 8.34. The van der Waals surface area contributed by atoms with Gasteiger partial charge in [0.2, 0.25) is 11.8 Å². The van der Waals surface area contributed by atoms with Crippen LogP contribution >= 0.6 is 0 Å². The molecule has 1 aliphatic heterocycles. The number of hydrogen-bond donors (Lipinski definition) is 2. The van der Waals surface area contributed by atoms with Crippen molar-refractivity contribution in [2.45, 2.75) is 33.8 Å². The fraction of sp³-hybridized carbons (Fsp3) is 0.318. The van der Waals surface area contributed by atoms with E-state index in [1.54, 1.807) is 31.2 Å². The van der Waals surface area contributed by atoms with Crippen molar-refractivity contribution in [1.29, 1.82) is 0 Å². The molecule has 7 heteroatoms. The molecule has 7 nitrogen and oxygen atoms in total. The molecule has 0 aliphatic carbocycles. The van der Waals surface area contributed by atoms with Crippen LogP contribution in [0.4, 0.5) is 11.4 Å². The molecular weight excluding hydrogens is 370 g/mol. The van der Waals surface area contributed by atoms with Gasteiger partial charge in [-0.15, -0.1) is 0 Å². The summed E-state index contributed by atoms with van der Waals surface area (Å²) in [6.45, 7) is 7.13. The minimum absolute atomic E-state index is 0.179. The summed E-state index contributed by atoms with van der Waals surface area (Å²) < 4.78 is 5.56. The third-order valence-corrected chi connectivity index (χ3v) is 4.76. The SMILES string of the molecule is Cc1cc(C)c(NC(=O)CNC(=O)CN2C(=O)[C@H](C)Oc3ccccc32)c(C)c1. The van der Waals surface area contributed by atoms with Crippen LogP contribution < -0.4 is 20.3 Å². The number of carbonyl (C=O) groups is 3. The molecule has 152 valence electrons. The molecule has 0 bridgehead atoms. The summed E-state index contributed by atoms with van der Waals surface area (Å²) in [5.74, 6) is -0.491. The average molecular weight is 395 g/mol. The Kier molecular flexibility index (Phi) is 5.87. The Bertz CT molecular complexity index is 947.